The summed E-state index contributed by atoms with van der Waals surface area (Å²) in [4.78, 5) is 42.4. The van der Waals surface area contributed by atoms with Crippen LogP contribution in [-0.2, 0) is 15.7 Å². The highest BCUT2D eigenvalue weighted by molar-refractivity contribution is 6.12. The number of ketones is 1. The van der Waals surface area contributed by atoms with Gasteiger partial charge in [-0.05, 0) is 69.5 Å². The van der Waals surface area contributed by atoms with Crippen LogP contribution in [0.25, 0.3) is 11.1 Å². The van der Waals surface area contributed by atoms with Crippen LogP contribution >= 0.6 is 0 Å². The van der Waals surface area contributed by atoms with Crippen molar-refractivity contribution in [1.82, 2.24) is 4.98 Å². The molecule has 2 aromatic carbocycles. The highest BCUT2D eigenvalue weighted by Crippen LogP contribution is 2.43. The van der Waals surface area contributed by atoms with E-state index in [0.29, 0.717) is 12.0 Å². The van der Waals surface area contributed by atoms with E-state index >= 15 is 0 Å². The lowest BCUT2D eigenvalue weighted by molar-refractivity contribution is -0.137. The fourth-order valence-electron chi connectivity index (χ4n) is 3.99. The van der Waals surface area contributed by atoms with Crippen molar-refractivity contribution >= 4 is 29.2 Å². The number of carbonyl (C=O) groups excluding carboxylic acids is 3. The zero-order valence-corrected chi connectivity index (χ0v) is 21.7. The smallest absolute Gasteiger partial charge is 0.416 e. The van der Waals surface area contributed by atoms with Gasteiger partial charge >= 0.3 is 12.3 Å². The second-order valence-corrected chi connectivity index (χ2v) is 10.3. The Labute approximate surface area is 223 Å². The van der Waals surface area contributed by atoms with Crippen molar-refractivity contribution in [1.29, 1.82) is 0 Å². The standard InChI is InChI=1S/C29H28F3N3O4/c1-28(2,3)39-27(38)35-22-12-11-20(29(30,31)32)15-23(22)34-25(37)16-24(36)19-7-4-6-18(14-19)21-8-5-13-33-26(21)17-9-10-17/h4-8,11-15,17H,9-10,16H2,1-3H3,(H,34,37)(H,35,38). The number of hydrogen-bond donors (Lipinski definition) is 2. The molecule has 0 spiro atoms. The van der Waals surface area contributed by atoms with Crippen LogP contribution in [-0.4, -0.2) is 28.4 Å². The molecule has 4 rings (SSSR count). The van der Waals surface area contributed by atoms with Gasteiger partial charge in [0, 0.05) is 23.2 Å². The van der Waals surface area contributed by atoms with Crippen LogP contribution in [0.3, 0.4) is 0 Å². The summed E-state index contributed by atoms with van der Waals surface area (Å²) in [7, 11) is 0. The molecule has 204 valence electrons. The minimum atomic E-state index is -4.69. The quantitative estimate of drug-likeness (QED) is 0.244. The van der Waals surface area contributed by atoms with Gasteiger partial charge in [-0.3, -0.25) is 19.9 Å². The van der Waals surface area contributed by atoms with Crippen LogP contribution in [0.4, 0.5) is 29.3 Å². The second-order valence-electron chi connectivity index (χ2n) is 10.3. The molecule has 10 heteroatoms. The van der Waals surface area contributed by atoms with Crippen LogP contribution in [0.15, 0.2) is 60.8 Å². The number of Topliss-reactive ketones (excluding diaryl/α,β-unsaturated/α-hetero) is 1. The van der Waals surface area contributed by atoms with Crippen molar-refractivity contribution < 1.29 is 32.3 Å². The Morgan fingerprint density at radius 1 is 0.949 bits per heavy atom. The van der Waals surface area contributed by atoms with Gasteiger partial charge in [0.05, 0.1) is 29.1 Å². The summed E-state index contributed by atoms with van der Waals surface area (Å²) < 4.78 is 45.1. The van der Waals surface area contributed by atoms with Gasteiger partial charge in [0.15, 0.2) is 5.78 Å². The number of halogens is 3. The molecule has 0 saturated heterocycles. The molecular formula is C29H28F3N3O4. The number of benzene rings is 2. The molecule has 7 nitrogen and oxygen atoms in total. The Morgan fingerprint density at radius 2 is 1.69 bits per heavy atom. The van der Waals surface area contributed by atoms with E-state index < -0.39 is 41.5 Å². The molecule has 0 radical (unpaired) electrons. The molecule has 1 heterocycles. The predicted octanol–water partition coefficient (Wildman–Crippen LogP) is 7.20. The Balaban J connectivity index is 1.52. The summed E-state index contributed by atoms with van der Waals surface area (Å²) >= 11 is 0. The van der Waals surface area contributed by atoms with E-state index in [1.807, 2.05) is 18.2 Å². The van der Waals surface area contributed by atoms with Crippen LogP contribution < -0.4 is 10.6 Å². The third kappa shape index (κ3) is 7.43. The van der Waals surface area contributed by atoms with Gasteiger partial charge in [-0.2, -0.15) is 13.2 Å². The lowest BCUT2D eigenvalue weighted by Crippen LogP contribution is -2.28. The normalized spacial score (nSPS) is 13.5. The third-order valence-corrected chi connectivity index (χ3v) is 5.88. The molecule has 1 aliphatic carbocycles. The van der Waals surface area contributed by atoms with Gasteiger partial charge in [0.1, 0.15) is 5.60 Å². The van der Waals surface area contributed by atoms with Crippen LogP contribution in [0.1, 0.15) is 67.6 Å². The van der Waals surface area contributed by atoms with Gasteiger partial charge < -0.3 is 10.1 Å². The van der Waals surface area contributed by atoms with Crippen molar-refractivity contribution in [3.8, 4) is 11.1 Å². The van der Waals surface area contributed by atoms with Gasteiger partial charge in [-0.15, -0.1) is 0 Å². The Morgan fingerprint density at radius 3 is 2.36 bits per heavy atom. The second kappa shape index (κ2) is 10.9. The summed E-state index contributed by atoms with van der Waals surface area (Å²) in [6.45, 7) is 4.89. The van der Waals surface area contributed by atoms with Gasteiger partial charge in [-0.25, -0.2) is 4.79 Å². The molecule has 1 aromatic heterocycles. The Kier molecular flexibility index (Phi) is 7.76. The van der Waals surface area contributed by atoms with E-state index in [2.05, 4.69) is 15.6 Å². The highest BCUT2D eigenvalue weighted by atomic mass is 19.4. The first-order valence-corrected chi connectivity index (χ1v) is 12.4. The Hall–Kier alpha value is -4.21. The molecule has 2 amide bonds. The van der Waals surface area contributed by atoms with E-state index in [0.717, 1.165) is 41.8 Å². The molecular weight excluding hydrogens is 511 g/mol. The molecule has 39 heavy (non-hydrogen) atoms. The fourth-order valence-corrected chi connectivity index (χ4v) is 3.99. The number of hydrogen-bond acceptors (Lipinski definition) is 5. The third-order valence-electron chi connectivity index (χ3n) is 5.88. The highest BCUT2D eigenvalue weighted by Gasteiger charge is 2.32. The molecule has 0 atom stereocenters. The molecule has 1 aliphatic rings. The van der Waals surface area contributed by atoms with Gasteiger partial charge in [-0.1, -0.05) is 24.3 Å². The molecule has 0 unspecified atom stereocenters. The summed E-state index contributed by atoms with van der Waals surface area (Å²) in [5.41, 5.74) is 0.651. The minimum absolute atomic E-state index is 0.107. The molecule has 1 fully saturated rings. The van der Waals surface area contributed by atoms with Crippen molar-refractivity contribution in [2.45, 2.75) is 57.7 Å². The number of ether oxygens (including phenoxy) is 1. The average Bonchev–Trinajstić information content (AvgIpc) is 3.69. The minimum Gasteiger partial charge on any atom is -0.444 e. The predicted molar refractivity (Wildman–Crippen MR) is 141 cm³/mol. The first-order chi connectivity index (χ1) is 18.3. The van der Waals surface area contributed by atoms with Crippen molar-refractivity contribution in [3.05, 3.63) is 77.6 Å². The summed E-state index contributed by atoms with van der Waals surface area (Å²) in [5, 5.41) is 4.68. The topological polar surface area (TPSA) is 97.4 Å². The zero-order valence-electron chi connectivity index (χ0n) is 21.7. The van der Waals surface area contributed by atoms with E-state index in [4.69, 9.17) is 4.74 Å². The maximum absolute atomic E-state index is 13.3. The number of rotatable bonds is 7. The fraction of sp³-hybridized carbons (Fsp3) is 0.310. The number of nitrogens with one attached hydrogen (secondary N) is 2. The van der Waals surface area contributed by atoms with Gasteiger partial charge in [0.25, 0.3) is 0 Å². The number of nitrogens with zero attached hydrogens (tertiary/aromatic N) is 1. The average molecular weight is 540 g/mol. The zero-order chi connectivity index (χ0) is 28.4. The van der Waals surface area contributed by atoms with Gasteiger partial charge in [0.2, 0.25) is 5.91 Å². The molecule has 1 saturated carbocycles. The first kappa shape index (κ1) is 27.8. The lowest BCUT2D eigenvalue weighted by atomic mass is 9.97. The number of anilines is 2. The van der Waals surface area contributed by atoms with Crippen LogP contribution in [0.2, 0.25) is 0 Å². The van der Waals surface area contributed by atoms with Crippen molar-refractivity contribution in [2.75, 3.05) is 10.6 Å². The van der Waals surface area contributed by atoms with E-state index in [1.165, 1.54) is 0 Å². The molecule has 0 aliphatic heterocycles. The van der Waals surface area contributed by atoms with Crippen LogP contribution in [0, 0.1) is 0 Å². The number of amides is 2. The maximum atomic E-state index is 13.3. The maximum Gasteiger partial charge on any atom is 0.416 e. The SMILES string of the molecule is CC(C)(C)OC(=O)Nc1ccc(C(F)(F)F)cc1NC(=O)CC(=O)c1cccc(-c2cccnc2C2CC2)c1. The largest absolute Gasteiger partial charge is 0.444 e. The Bertz CT molecular complexity index is 1410. The van der Waals surface area contributed by atoms with Crippen molar-refractivity contribution in [2.24, 2.45) is 0 Å². The van der Waals surface area contributed by atoms with E-state index in [9.17, 15) is 27.6 Å². The summed E-state index contributed by atoms with van der Waals surface area (Å²) in [6.07, 6.45) is -2.37. The van der Waals surface area contributed by atoms with E-state index in [-0.39, 0.29) is 16.9 Å². The lowest BCUT2D eigenvalue weighted by Gasteiger charge is -2.21. The van der Waals surface area contributed by atoms with E-state index in [1.54, 1.807) is 45.2 Å². The number of alkyl halides is 3. The number of aromatic nitrogens is 1. The number of pyridine rings is 1. The van der Waals surface area contributed by atoms with Crippen LogP contribution in [0.5, 0.6) is 0 Å². The summed E-state index contributed by atoms with van der Waals surface area (Å²) in [5.74, 6) is -0.959. The molecule has 3 aromatic rings. The van der Waals surface area contributed by atoms with Crippen molar-refractivity contribution in [3.63, 3.8) is 0 Å². The molecule has 0 bridgehead atoms. The first-order valence-electron chi connectivity index (χ1n) is 12.4. The monoisotopic (exact) mass is 539 g/mol. The summed E-state index contributed by atoms with van der Waals surface area (Å²) in [6, 6.07) is 13.1. The molecule has 2 N–H and O–H groups in total. The number of carbonyl (C=O) groups is 3.